The quantitative estimate of drug-likeness (QED) is 0.614. The second-order valence-electron chi connectivity index (χ2n) is 5.94. The standard InChI is InChI=1S/C18H20F3N3O3/c1-4-23(8-9-25)17(27)16(26)15-11(2)22-24(12(15)3)14-7-5-6-13(10-14)18(19,20)21/h5-7,10,25H,4,8-9H2,1-3H3. The number of carbonyl (C=O) groups is 2. The molecule has 1 heterocycles. The minimum absolute atomic E-state index is 0.0148. The largest absolute Gasteiger partial charge is 0.416 e. The van der Waals surface area contributed by atoms with E-state index in [1.54, 1.807) is 6.92 Å². The summed E-state index contributed by atoms with van der Waals surface area (Å²) in [7, 11) is 0. The van der Waals surface area contributed by atoms with E-state index < -0.39 is 23.4 Å². The number of rotatable bonds is 6. The predicted molar refractivity (Wildman–Crippen MR) is 91.7 cm³/mol. The number of carbonyl (C=O) groups excluding carboxylic acids is 2. The van der Waals surface area contributed by atoms with Crippen LogP contribution in [0, 0.1) is 13.8 Å². The van der Waals surface area contributed by atoms with Gasteiger partial charge in [0.25, 0.3) is 11.7 Å². The number of hydrogen-bond acceptors (Lipinski definition) is 4. The maximum absolute atomic E-state index is 12.9. The highest BCUT2D eigenvalue weighted by Crippen LogP contribution is 2.31. The summed E-state index contributed by atoms with van der Waals surface area (Å²) in [4.78, 5) is 26.2. The van der Waals surface area contributed by atoms with Crippen LogP contribution < -0.4 is 0 Å². The number of amides is 1. The van der Waals surface area contributed by atoms with Crippen LogP contribution in [0.3, 0.4) is 0 Å². The molecule has 0 saturated heterocycles. The van der Waals surface area contributed by atoms with Gasteiger partial charge in [-0.2, -0.15) is 18.3 Å². The van der Waals surface area contributed by atoms with Crippen LogP contribution in [0.25, 0.3) is 5.69 Å². The topological polar surface area (TPSA) is 75.4 Å². The first-order valence-electron chi connectivity index (χ1n) is 8.30. The molecule has 0 aliphatic rings. The van der Waals surface area contributed by atoms with E-state index in [0.29, 0.717) is 0 Å². The molecule has 0 spiro atoms. The number of aryl methyl sites for hydroxylation is 1. The lowest BCUT2D eigenvalue weighted by molar-refractivity contribution is -0.137. The van der Waals surface area contributed by atoms with E-state index in [9.17, 15) is 22.8 Å². The molecule has 0 aliphatic heterocycles. The molecule has 1 aromatic heterocycles. The highest BCUT2D eigenvalue weighted by atomic mass is 19.4. The van der Waals surface area contributed by atoms with Crippen molar-refractivity contribution in [3.05, 3.63) is 46.8 Å². The molecule has 0 fully saturated rings. The van der Waals surface area contributed by atoms with Crippen molar-refractivity contribution in [1.29, 1.82) is 0 Å². The summed E-state index contributed by atoms with van der Waals surface area (Å²) < 4.78 is 40.1. The van der Waals surface area contributed by atoms with Crippen LogP contribution in [0.15, 0.2) is 24.3 Å². The minimum Gasteiger partial charge on any atom is -0.395 e. The zero-order valence-electron chi connectivity index (χ0n) is 15.2. The number of aliphatic hydroxyl groups excluding tert-OH is 1. The number of Topliss-reactive ketones (excluding diaryl/α,β-unsaturated/α-hetero) is 1. The minimum atomic E-state index is -4.51. The molecule has 1 amide bonds. The Hall–Kier alpha value is -2.68. The van der Waals surface area contributed by atoms with Crippen LogP contribution in [-0.2, 0) is 11.0 Å². The molecule has 0 atom stereocenters. The second-order valence-corrected chi connectivity index (χ2v) is 5.94. The zero-order chi connectivity index (χ0) is 20.4. The fraction of sp³-hybridized carbons (Fsp3) is 0.389. The molecular formula is C18H20F3N3O3. The van der Waals surface area contributed by atoms with Crippen LogP contribution >= 0.6 is 0 Å². The lowest BCUT2D eigenvalue weighted by Crippen LogP contribution is -2.38. The fourth-order valence-electron chi connectivity index (χ4n) is 2.81. The van der Waals surface area contributed by atoms with E-state index in [1.807, 2.05) is 0 Å². The third-order valence-corrected chi connectivity index (χ3v) is 4.17. The first kappa shape index (κ1) is 20.6. The van der Waals surface area contributed by atoms with Crippen LogP contribution in [-0.4, -0.2) is 51.2 Å². The molecule has 9 heteroatoms. The number of halogens is 3. The molecule has 0 unspecified atom stereocenters. The highest BCUT2D eigenvalue weighted by molar-refractivity contribution is 6.43. The summed E-state index contributed by atoms with van der Waals surface area (Å²) in [5, 5.41) is 13.2. The Morgan fingerprint density at radius 1 is 1.26 bits per heavy atom. The Morgan fingerprint density at radius 2 is 1.93 bits per heavy atom. The van der Waals surface area contributed by atoms with Gasteiger partial charge in [-0.3, -0.25) is 9.59 Å². The Bertz CT molecular complexity index is 859. The summed E-state index contributed by atoms with van der Waals surface area (Å²) in [5.74, 6) is -1.60. The van der Waals surface area contributed by atoms with Crippen molar-refractivity contribution < 1.29 is 27.9 Å². The highest BCUT2D eigenvalue weighted by Gasteiger charge is 2.32. The van der Waals surface area contributed by atoms with Gasteiger partial charge in [0.1, 0.15) is 0 Å². The normalized spacial score (nSPS) is 11.5. The average Bonchev–Trinajstić information content (AvgIpc) is 2.92. The monoisotopic (exact) mass is 383 g/mol. The van der Waals surface area contributed by atoms with Crippen LogP contribution in [0.1, 0.15) is 34.2 Å². The van der Waals surface area contributed by atoms with Crippen molar-refractivity contribution in [2.45, 2.75) is 26.9 Å². The third kappa shape index (κ3) is 4.19. The Morgan fingerprint density at radius 3 is 2.48 bits per heavy atom. The maximum atomic E-state index is 12.9. The number of ketones is 1. The third-order valence-electron chi connectivity index (χ3n) is 4.17. The van der Waals surface area contributed by atoms with E-state index in [1.165, 1.54) is 35.6 Å². The van der Waals surface area contributed by atoms with E-state index in [4.69, 9.17) is 5.11 Å². The summed E-state index contributed by atoms with van der Waals surface area (Å²) in [6.07, 6.45) is -4.51. The second kappa shape index (κ2) is 7.91. The van der Waals surface area contributed by atoms with Gasteiger partial charge in [-0.05, 0) is 39.0 Å². The first-order valence-corrected chi connectivity index (χ1v) is 8.30. The van der Waals surface area contributed by atoms with Crippen LogP contribution in [0.4, 0.5) is 13.2 Å². The van der Waals surface area contributed by atoms with Gasteiger partial charge < -0.3 is 10.0 Å². The van der Waals surface area contributed by atoms with Crippen molar-refractivity contribution in [3.8, 4) is 5.69 Å². The van der Waals surface area contributed by atoms with E-state index in [2.05, 4.69) is 5.10 Å². The van der Waals surface area contributed by atoms with Crippen LogP contribution in [0.5, 0.6) is 0 Å². The number of alkyl halides is 3. The van der Waals surface area contributed by atoms with Crippen molar-refractivity contribution >= 4 is 11.7 Å². The molecule has 1 aromatic carbocycles. The van der Waals surface area contributed by atoms with Gasteiger partial charge in [-0.1, -0.05) is 6.07 Å². The molecule has 27 heavy (non-hydrogen) atoms. The van der Waals surface area contributed by atoms with Gasteiger partial charge in [0.2, 0.25) is 0 Å². The number of nitrogens with zero attached hydrogens (tertiary/aromatic N) is 3. The van der Waals surface area contributed by atoms with Gasteiger partial charge in [0.05, 0.1) is 34.8 Å². The predicted octanol–water partition coefficient (Wildman–Crippen LogP) is 2.53. The SMILES string of the molecule is CCN(CCO)C(=O)C(=O)c1c(C)nn(-c2cccc(C(F)(F)F)c2)c1C. The van der Waals surface area contributed by atoms with Gasteiger partial charge in [0.15, 0.2) is 0 Å². The van der Waals surface area contributed by atoms with Crippen molar-refractivity contribution in [2.24, 2.45) is 0 Å². The fourth-order valence-corrected chi connectivity index (χ4v) is 2.81. The Kier molecular flexibility index (Phi) is 6.04. The summed E-state index contributed by atoms with van der Waals surface area (Å²) in [6.45, 7) is 4.68. The smallest absolute Gasteiger partial charge is 0.395 e. The van der Waals surface area contributed by atoms with Gasteiger partial charge in [-0.25, -0.2) is 4.68 Å². The molecule has 6 nitrogen and oxygen atoms in total. The van der Waals surface area contributed by atoms with E-state index >= 15 is 0 Å². The van der Waals surface area contributed by atoms with Crippen molar-refractivity contribution in [1.82, 2.24) is 14.7 Å². The number of benzene rings is 1. The number of hydrogen-bond donors (Lipinski definition) is 1. The maximum Gasteiger partial charge on any atom is 0.416 e. The van der Waals surface area contributed by atoms with E-state index in [-0.39, 0.29) is 42.3 Å². The number of aromatic nitrogens is 2. The molecule has 1 N–H and O–H groups in total. The molecular weight excluding hydrogens is 363 g/mol. The molecule has 2 rings (SSSR count). The molecule has 0 aliphatic carbocycles. The lowest BCUT2D eigenvalue weighted by atomic mass is 10.1. The van der Waals surface area contributed by atoms with Gasteiger partial charge >= 0.3 is 6.18 Å². The summed E-state index contributed by atoms with van der Waals surface area (Å²) in [6, 6.07) is 4.56. The molecule has 146 valence electrons. The molecule has 0 saturated carbocycles. The molecule has 0 radical (unpaired) electrons. The molecule has 0 bridgehead atoms. The van der Waals surface area contributed by atoms with Crippen molar-refractivity contribution in [2.75, 3.05) is 19.7 Å². The Labute approximate surface area is 154 Å². The first-order chi connectivity index (χ1) is 12.6. The van der Waals surface area contributed by atoms with Gasteiger partial charge in [-0.15, -0.1) is 0 Å². The van der Waals surface area contributed by atoms with Gasteiger partial charge in [0, 0.05) is 13.1 Å². The van der Waals surface area contributed by atoms with Crippen molar-refractivity contribution in [3.63, 3.8) is 0 Å². The summed E-state index contributed by atoms with van der Waals surface area (Å²) >= 11 is 0. The average molecular weight is 383 g/mol. The molecule has 2 aromatic rings. The zero-order valence-corrected chi connectivity index (χ0v) is 15.2. The Balaban J connectivity index is 2.46. The number of aliphatic hydroxyl groups is 1. The van der Waals surface area contributed by atoms with E-state index in [0.717, 1.165) is 12.1 Å². The summed E-state index contributed by atoms with van der Waals surface area (Å²) in [5.41, 5.74) is -0.140. The number of likely N-dealkylation sites (N-methyl/N-ethyl adjacent to an activating group) is 1. The van der Waals surface area contributed by atoms with Crippen LogP contribution in [0.2, 0.25) is 0 Å². The lowest BCUT2D eigenvalue weighted by Gasteiger charge is -2.18.